The molecule has 0 spiro atoms. The minimum absolute atomic E-state index is 0.120. The molecule has 0 aliphatic rings. The van der Waals surface area contributed by atoms with Crippen LogP contribution >= 0.6 is 11.5 Å². The Morgan fingerprint density at radius 1 is 1.41 bits per heavy atom. The summed E-state index contributed by atoms with van der Waals surface area (Å²) in [5.41, 5.74) is 7.10. The number of amides is 1. The van der Waals surface area contributed by atoms with Gasteiger partial charge in [0, 0.05) is 12.6 Å². The largest absolute Gasteiger partial charge is 0.472 e. The molecular formula is C14H15N3O4S. The summed E-state index contributed by atoms with van der Waals surface area (Å²) in [6.07, 6.45) is 0. The number of hydrogen-bond acceptors (Lipinski definition) is 7. The Morgan fingerprint density at radius 3 is 2.86 bits per heavy atom. The van der Waals surface area contributed by atoms with Crippen molar-refractivity contribution in [3.05, 3.63) is 41.0 Å². The van der Waals surface area contributed by atoms with Crippen LogP contribution in [0.1, 0.15) is 26.3 Å². The topological polar surface area (TPSA) is 104 Å². The number of benzene rings is 1. The highest BCUT2D eigenvalue weighted by Crippen LogP contribution is 2.29. The number of esters is 1. The molecule has 2 rings (SSSR count). The number of hydrogen-bond donors (Lipinski definition) is 2. The van der Waals surface area contributed by atoms with E-state index in [0.717, 1.165) is 17.1 Å². The zero-order chi connectivity index (χ0) is 16.1. The number of aromatic nitrogens is 1. The van der Waals surface area contributed by atoms with E-state index in [1.54, 1.807) is 31.3 Å². The van der Waals surface area contributed by atoms with Crippen molar-refractivity contribution in [1.82, 2.24) is 9.69 Å². The minimum Gasteiger partial charge on any atom is -0.472 e. The van der Waals surface area contributed by atoms with Crippen LogP contribution in [-0.2, 0) is 11.3 Å². The van der Waals surface area contributed by atoms with Crippen LogP contribution in [0.2, 0.25) is 0 Å². The van der Waals surface area contributed by atoms with Crippen molar-refractivity contribution in [3.8, 4) is 5.88 Å². The summed E-state index contributed by atoms with van der Waals surface area (Å²) in [6, 6.07) is 6.95. The summed E-state index contributed by atoms with van der Waals surface area (Å²) < 4.78 is 14.2. The average Bonchev–Trinajstić information content (AvgIpc) is 2.92. The first-order valence-corrected chi connectivity index (χ1v) is 7.11. The van der Waals surface area contributed by atoms with E-state index in [0.29, 0.717) is 5.56 Å². The maximum atomic E-state index is 11.6. The predicted octanol–water partition coefficient (Wildman–Crippen LogP) is 1.45. The second-order valence-electron chi connectivity index (χ2n) is 4.29. The van der Waals surface area contributed by atoms with Gasteiger partial charge in [-0.15, -0.1) is 0 Å². The van der Waals surface area contributed by atoms with E-state index < -0.39 is 5.97 Å². The molecule has 2 aromatic rings. The number of nitrogens with one attached hydrogen (secondary N) is 1. The second-order valence-corrected chi connectivity index (χ2v) is 5.09. The average molecular weight is 321 g/mol. The number of carbonyl (C=O) groups excluding carboxylic acids is 2. The first kappa shape index (κ1) is 15.8. The summed E-state index contributed by atoms with van der Waals surface area (Å²) >= 11 is 0.959. The van der Waals surface area contributed by atoms with Crippen LogP contribution in [0.3, 0.4) is 0 Å². The Kier molecular flexibility index (Phi) is 4.95. The van der Waals surface area contributed by atoms with Crippen LogP contribution in [0, 0.1) is 0 Å². The Labute approximate surface area is 131 Å². The van der Waals surface area contributed by atoms with E-state index in [1.807, 2.05) is 0 Å². The molecule has 0 saturated carbocycles. The molecule has 1 heterocycles. The second kappa shape index (κ2) is 6.90. The minimum atomic E-state index is -0.597. The Morgan fingerprint density at radius 2 is 2.18 bits per heavy atom. The fourth-order valence-electron chi connectivity index (χ4n) is 1.77. The molecule has 0 unspecified atom stereocenters. The smallest absolute Gasteiger partial charge is 0.346 e. The Bertz CT molecular complexity index is 699. The molecule has 0 radical (unpaired) electrons. The number of nitrogens with two attached hydrogens (primary N) is 1. The number of rotatable bonds is 5. The first-order chi connectivity index (χ1) is 10.6. The molecule has 0 saturated heterocycles. The van der Waals surface area contributed by atoms with Crippen LogP contribution in [0.25, 0.3) is 0 Å². The third-order valence-corrected chi connectivity index (χ3v) is 3.53. The molecule has 1 aromatic heterocycles. The third kappa shape index (κ3) is 3.34. The molecule has 0 fully saturated rings. The number of anilines is 1. The zero-order valence-corrected chi connectivity index (χ0v) is 12.9. The van der Waals surface area contributed by atoms with Gasteiger partial charge in [-0.05, 0) is 29.2 Å². The van der Waals surface area contributed by atoms with Crippen LogP contribution in [0.15, 0.2) is 24.3 Å². The van der Waals surface area contributed by atoms with Crippen molar-refractivity contribution >= 4 is 28.4 Å². The van der Waals surface area contributed by atoms with Gasteiger partial charge >= 0.3 is 5.97 Å². The van der Waals surface area contributed by atoms with Gasteiger partial charge in [0.2, 0.25) is 5.88 Å². The van der Waals surface area contributed by atoms with Crippen molar-refractivity contribution in [2.24, 2.45) is 0 Å². The molecular weight excluding hydrogens is 306 g/mol. The molecule has 3 N–H and O–H groups in total. The molecule has 7 nitrogen and oxygen atoms in total. The molecule has 0 aliphatic carbocycles. The van der Waals surface area contributed by atoms with Gasteiger partial charge in [0.15, 0.2) is 5.56 Å². The molecule has 1 amide bonds. The monoisotopic (exact) mass is 321 g/mol. The lowest BCUT2D eigenvalue weighted by molar-refractivity contribution is 0.0596. The van der Waals surface area contributed by atoms with Gasteiger partial charge in [0.25, 0.3) is 5.91 Å². The van der Waals surface area contributed by atoms with E-state index in [2.05, 4.69) is 14.4 Å². The maximum Gasteiger partial charge on any atom is 0.346 e. The van der Waals surface area contributed by atoms with E-state index in [4.69, 9.17) is 10.5 Å². The normalized spacial score (nSPS) is 10.1. The van der Waals surface area contributed by atoms with E-state index in [9.17, 15) is 9.59 Å². The molecule has 0 bridgehead atoms. The van der Waals surface area contributed by atoms with E-state index in [-0.39, 0.29) is 29.0 Å². The summed E-state index contributed by atoms with van der Waals surface area (Å²) in [4.78, 5) is 23.2. The molecule has 0 atom stereocenters. The van der Waals surface area contributed by atoms with Crippen molar-refractivity contribution in [3.63, 3.8) is 0 Å². The number of nitrogen functional groups attached to an aromatic ring is 1. The van der Waals surface area contributed by atoms with Crippen LogP contribution < -0.4 is 15.8 Å². The first-order valence-electron chi connectivity index (χ1n) is 6.34. The van der Waals surface area contributed by atoms with Gasteiger partial charge in [-0.1, -0.05) is 12.1 Å². The highest BCUT2D eigenvalue weighted by molar-refractivity contribution is 7.10. The van der Waals surface area contributed by atoms with E-state index in [1.165, 1.54) is 7.11 Å². The van der Waals surface area contributed by atoms with Gasteiger partial charge in [-0.2, -0.15) is 4.37 Å². The molecule has 22 heavy (non-hydrogen) atoms. The summed E-state index contributed by atoms with van der Waals surface area (Å²) in [5, 5.41) is 2.79. The van der Waals surface area contributed by atoms with Gasteiger partial charge in [0.1, 0.15) is 11.6 Å². The fourth-order valence-corrected chi connectivity index (χ4v) is 2.36. The van der Waals surface area contributed by atoms with Crippen molar-refractivity contribution in [2.45, 2.75) is 6.61 Å². The highest BCUT2D eigenvalue weighted by atomic mass is 32.1. The highest BCUT2D eigenvalue weighted by Gasteiger charge is 2.21. The molecule has 1 aromatic carbocycles. The standard InChI is InChI=1S/C14H15N3O4S/c1-16-12(18)9-5-3-4-8(6-9)7-21-13-10(14(19)20-2)11(15)22-17-13/h3-6H,7,15H2,1-2H3,(H,16,18). The Hall–Kier alpha value is -2.61. The van der Waals surface area contributed by atoms with Gasteiger partial charge in [-0.3, -0.25) is 4.79 Å². The lowest BCUT2D eigenvalue weighted by Crippen LogP contribution is -2.17. The van der Waals surface area contributed by atoms with Crippen LogP contribution in [-0.4, -0.2) is 30.4 Å². The summed E-state index contributed by atoms with van der Waals surface area (Å²) in [6.45, 7) is 0.151. The Balaban J connectivity index is 2.14. The molecule has 8 heteroatoms. The van der Waals surface area contributed by atoms with Crippen molar-refractivity contribution in [2.75, 3.05) is 19.9 Å². The molecule has 116 valence electrons. The number of methoxy groups -OCH3 is 1. The lowest BCUT2D eigenvalue weighted by atomic mass is 10.1. The van der Waals surface area contributed by atoms with Crippen molar-refractivity contribution in [1.29, 1.82) is 0 Å². The zero-order valence-electron chi connectivity index (χ0n) is 12.1. The van der Waals surface area contributed by atoms with Gasteiger partial charge < -0.3 is 20.5 Å². The fraction of sp³-hybridized carbons (Fsp3) is 0.214. The lowest BCUT2D eigenvalue weighted by Gasteiger charge is -2.07. The number of carbonyl (C=O) groups is 2. The third-order valence-electron chi connectivity index (χ3n) is 2.87. The summed E-state index contributed by atoms with van der Waals surface area (Å²) in [7, 11) is 2.82. The number of ether oxygens (including phenoxy) is 2. The molecule has 0 aliphatic heterocycles. The maximum absolute atomic E-state index is 11.6. The number of nitrogens with zero attached hydrogens (tertiary/aromatic N) is 1. The van der Waals surface area contributed by atoms with Gasteiger partial charge in [-0.25, -0.2) is 4.79 Å². The van der Waals surface area contributed by atoms with E-state index >= 15 is 0 Å². The quantitative estimate of drug-likeness (QED) is 0.808. The summed E-state index contributed by atoms with van der Waals surface area (Å²) in [5.74, 6) is -0.657. The van der Waals surface area contributed by atoms with Crippen molar-refractivity contribution < 1.29 is 19.1 Å². The van der Waals surface area contributed by atoms with Gasteiger partial charge in [0.05, 0.1) is 7.11 Å². The van der Waals surface area contributed by atoms with Crippen LogP contribution in [0.4, 0.5) is 5.00 Å². The van der Waals surface area contributed by atoms with Crippen LogP contribution in [0.5, 0.6) is 5.88 Å². The SMILES string of the molecule is CNC(=O)c1cccc(COc2nsc(N)c2C(=O)OC)c1. The predicted molar refractivity (Wildman–Crippen MR) is 82.0 cm³/mol.